The minimum absolute atomic E-state index is 0.385. The van der Waals surface area contributed by atoms with Gasteiger partial charge in [0, 0.05) is 38.2 Å². The number of benzene rings is 3. The maximum atomic E-state index is 9.13. The summed E-state index contributed by atoms with van der Waals surface area (Å²) in [5, 5.41) is 16.9. The van der Waals surface area contributed by atoms with Gasteiger partial charge in [-0.1, -0.05) is 53.7 Å². The number of piperidine rings is 1. The van der Waals surface area contributed by atoms with Gasteiger partial charge in [0.1, 0.15) is 0 Å². The number of imidazole rings is 1. The van der Waals surface area contributed by atoms with E-state index < -0.39 is 0 Å². The Bertz CT molecular complexity index is 1590. The van der Waals surface area contributed by atoms with Gasteiger partial charge >= 0.3 is 0 Å². The van der Waals surface area contributed by atoms with Crippen molar-refractivity contribution in [3.63, 3.8) is 0 Å². The number of hydrogen-bond acceptors (Lipinski definition) is 7. The Kier molecular flexibility index (Phi) is 7.07. The van der Waals surface area contributed by atoms with Gasteiger partial charge in [0.15, 0.2) is 0 Å². The highest BCUT2D eigenvalue weighted by Gasteiger charge is 2.21. The second-order valence-corrected chi connectivity index (χ2v) is 10.2. The molecule has 1 fully saturated rings. The van der Waals surface area contributed by atoms with Crippen LogP contribution in [0.2, 0.25) is 0 Å². The molecule has 1 N–H and O–H groups in total. The molecule has 6 rings (SSSR count). The van der Waals surface area contributed by atoms with Crippen LogP contribution < -0.4 is 5.32 Å². The van der Waals surface area contributed by atoms with E-state index in [1.807, 2.05) is 30.3 Å². The summed E-state index contributed by atoms with van der Waals surface area (Å²) < 4.78 is 7.34. The second kappa shape index (κ2) is 11.1. The lowest BCUT2D eigenvalue weighted by atomic mass is 10.0. The smallest absolute Gasteiger partial charge is 0.223 e. The van der Waals surface area contributed by atoms with Crippen molar-refractivity contribution in [3.8, 4) is 17.5 Å². The van der Waals surface area contributed by atoms with Crippen LogP contribution >= 0.6 is 0 Å². The first-order valence-electron chi connectivity index (χ1n) is 13.5. The predicted octanol–water partition coefficient (Wildman–Crippen LogP) is 5.43. The number of aromatic nitrogens is 4. The van der Waals surface area contributed by atoms with Gasteiger partial charge in [-0.3, -0.25) is 0 Å². The van der Waals surface area contributed by atoms with Gasteiger partial charge in [-0.15, -0.1) is 0 Å². The number of nitrogens with zero attached hydrogens (tertiary/aromatic N) is 6. The molecule has 0 aliphatic carbocycles. The summed E-state index contributed by atoms with van der Waals surface area (Å²) in [6.07, 6.45) is 3.18. The summed E-state index contributed by atoms with van der Waals surface area (Å²) in [6.45, 7) is 5.68. The molecule has 196 valence electrons. The molecule has 2 aromatic heterocycles. The fourth-order valence-electron chi connectivity index (χ4n) is 5.22. The molecule has 1 aliphatic rings. The zero-order chi connectivity index (χ0) is 26.6. The second-order valence-electron chi connectivity index (χ2n) is 10.2. The number of anilines is 1. The first-order chi connectivity index (χ1) is 19.1. The molecule has 0 spiro atoms. The summed E-state index contributed by atoms with van der Waals surface area (Å²) in [7, 11) is 0. The fraction of sp³-hybridized carbons (Fsp3) is 0.290. The van der Waals surface area contributed by atoms with Crippen LogP contribution in [0.15, 0.2) is 77.3 Å². The lowest BCUT2D eigenvalue weighted by Crippen LogP contribution is -2.40. The van der Waals surface area contributed by atoms with E-state index in [2.05, 4.69) is 73.5 Å². The van der Waals surface area contributed by atoms with Crippen LogP contribution in [0, 0.1) is 18.3 Å². The van der Waals surface area contributed by atoms with Gasteiger partial charge in [-0.05, 0) is 54.7 Å². The lowest BCUT2D eigenvalue weighted by Gasteiger charge is -2.32. The molecule has 3 heterocycles. The molecule has 5 aromatic rings. The van der Waals surface area contributed by atoms with Crippen LogP contribution in [0.25, 0.3) is 22.4 Å². The van der Waals surface area contributed by atoms with Crippen molar-refractivity contribution in [2.75, 3.05) is 25.0 Å². The molecule has 8 nitrogen and oxygen atoms in total. The van der Waals surface area contributed by atoms with Crippen molar-refractivity contribution in [3.05, 3.63) is 95.4 Å². The molecule has 0 bridgehead atoms. The molecule has 1 saturated heterocycles. The van der Waals surface area contributed by atoms with Crippen molar-refractivity contribution < 1.29 is 4.52 Å². The predicted molar refractivity (Wildman–Crippen MR) is 151 cm³/mol. The number of aryl methyl sites for hydroxylation is 1. The van der Waals surface area contributed by atoms with Gasteiger partial charge in [0.05, 0.1) is 29.2 Å². The van der Waals surface area contributed by atoms with E-state index in [0.29, 0.717) is 29.9 Å². The number of nitriles is 1. The zero-order valence-corrected chi connectivity index (χ0v) is 22.0. The fourth-order valence-corrected chi connectivity index (χ4v) is 5.22. The molecular weight excluding hydrogens is 486 g/mol. The van der Waals surface area contributed by atoms with Crippen LogP contribution in [0.5, 0.6) is 0 Å². The van der Waals surface area contributed by atoms with Crippen LogP contribution in [0.4, 0.5) is 5.95 Å². The number of nitrogens with one attached hydrogen (secondary N) is 1. The molecule has 39 heavy (non-hydrogen) atoms. The Morgan fingerprint density at radius 2 is 1.69 bits per heavy atom. The van der Waals surface area contributed by atoms with Crippen LogP contribution in [-0.2, 0) is 13.0 Å². The molecule has 0 unspecified atom stereocenters. The van der Waals surface area contributed by atoms with Crippen LogP contribution in [-0.4, -0.2) is 50.3 Å². The van der Waals surface area contributed by atoms with E-state index in [1.54, 1.807) is 6.92 Å². The topological polar surface area (TPSA) is 95.8 Å². The van der Waals surface area contributed by atoms with Crippen LogP contribution in [0.1, 0.15) is 35.4 Å². The van der Waals surface area contributed by atoms with Crippen molar-refractivity contribution in [1.29, 1.82) is 5.26 Å². The van der Waals surface area contributed by atoms with Gasteiger partial charge < -0.3 is 19.3 Å². The highest BCUT2D eigenvalue weighted by molar-refractivity contribution is 5.78. The zero-order valence-electron chi connectivity index (χ0n) is 22.0. The quantitative estimate of drug-likeness (QED) is 0.293. The Labute approximate surface area is 227 Å². The minimum Gasteiger partial charge on any atom is -0.353 e. The molecule has 0 atom stereocenters. The molecule has 1 aliphatic heterocycles. The number of hydrogen-bond donors (Lipinski definition) is 1. The average molecular weight is 518 g/mol. The third kappa shape index (κ3) is 5.69. The Balaban J connectivity index is 1.05. The summed E-state index contributed by atoms with van der Waals surface area (Å²) in [5.74, 6) is 2.13. The molecule has 0 radical (unpaired) electrons. The van der Waals surface area contributed by atoms with E-state index >= 15 is 0 Å². The minimum atomic E-state index is 0.385. The van der Waals surface area contributed by atoms with Crippen molar-refractivity contribution in [2.24, 2.45) is 0 Å². The Morgan fingerprint density at radius 1 is 0.949 bits per heavy atom. The summed E-state index contributed by atoms with van der Waals surface area (Å²) in [5.41, 5.74) is 6.23. The van der Waals surface area contributed by atoms with Crippen LogP contribution in [0.3, 0.4) is 0 Å². The molecule has 8 heteroatoms. The molecular formula is C31H31N7O. The van der Waals surface area contributed by atoms with E-state index in [-0.39, 0.29) is 0 Å². The monoisotopic (exact) mass is 517 g/mol. The SMILES string of the molecule is Cc1nc(-c2ccc(CCN3CCC(Nc4nc5ccccc5n4Cc4ccc(C#N)cc4)CC3)cc2)no1. The van der Waals surface area contributed by atoms with Gasteiger partial charge in [-0.25, -0.2) is 4.98 Å². The van der Waals surface area contributed by atoms with Crippen molar-refractivity contribution in [1.82, 2.24) is 24.6 Å². The summed E-state index contributed by atoms with van der Waals surface area (Å²) >= 11 is 0. The van der Waals surface area contributed by atoms with E-state index in [4.69, 9.17) is 14.8 Å². The van der Waals surface area contributed by atoms with E-state index in [1.165, 1.54) is 5.56 Å². The standard InChI is InChI=1S/C31H31N7O/c1-22-33-30(36-39-22)26-12-10-23(11-13-26)14-17-37-18-15-27(16-19-37)34-31-35-28-4-2-3-5-29(28)38(31)21-25-8-6-24(20-32)7-9-25/h2-13,27H,14-19,21H2,1H3,(H,34,35). The number of likely N-dealkylation sites (tertiary alicyclic amines) is 1. The maximum absolute atomic E-state index is 9.13. The van der Waals surface area contributed by atoms with E-state index in [0.717, 1.165) is 67.0 Å². The summed E-state index contributed by atoms with van der Waals surface area (Å²) in [6, 6.07) is 27.1. The average Bonchev–Trinajstić information content (AvgIpc) is 3.56. The van der Waals surface area contributed by atoms with Gasteiger partial charge in [0.2, 0.25) is 17.7 Å². The number of rotatable bonds is 8. The third-order valence-corrected chi connectivity index (χ3v) is 7.46. The first kappa shape index (κ1) is 24.8. The maximum Gasteiger partial charge on any atom is 0.223 e. The Morgan fingerprint density at radius 3 is 2.41 bits per heavy atom. The molecule has 3 aromatic carbocycles. The first-order valence-corrected chi connectivity index (χ1v) is 13.5. The van der Waals surface area contributed by atoms with Crippen molar-refractivity contribution in [2.45, 2.75) is 38.8 Å². The van der Waals surface area contributed by atoms with E-state index in [9.17, 15) is 0 Å². The lowest BCUT2D eigenvalue weighted by molar-refractivity contribution is 0.221. The third-order valence-electron chi connectivity index (χ3n) is 7.46. The largest absolute Gasteiger partial charge is 0.353 e. The van der Waals surface area contributed by atoms with Crippen molar-refractivity contribution >= 4 is 17.0 Å². The highest BCUT2D eigenvalue weighted by Crippen LogP contribution is 2.24. The normalized spacial score (nSPS) is 14.5. The number of para-hydroxylation sites is 2. The molecule has 0 saturated carbocycles. The summed E-state index contributed by atoms with van der Waals surface area (Å²) in [4.78, 5) is 11.8. The molecule has 0 amide bonds. The van der Waals surface area contributed by atoms with Gasteiger partial charge in [0.25, 0.3) is 0 Å². The highest BCUT2D eigenvalue weighted by atomic mass is 16.5. The Hall–Kier alpha value is -4.48. The van der Waals surface area contributed by atoms with Gasteiger partial charge in [-0.2, -0.15) is 10.2 Å². The number of fused-ring (bicyclic) bond motifs is 1.